The van der Waals surface area contributed by atoms with E-state index >= 15 is 0 Å². The standard InChI is InChI=1S/C17H16O3/c1-19-15-10-6-5-9-13(15)16-14(11-20-17(16)18)12-7-3-2-4-8-12/h2-10,14,16H,11H2,1H3/t14-,16+/m0/s1. The fourth-order valence-electron chi connectivity index (χ4n) is 2.78. The van der Waals surface area contributed by atoms with Gasteiger partial charge in [-0.1, -0.05) is 48.5 Å². The highest BCUT2D eigenvalue weighted by atomic mass is 16.5. The summed E-state index contributed by atoms with van der Waals surface area (Å²) in [6.45, 7) is 0.422. The Bertz CT molecular complexity index is 607. The number of benzene rings is 2. The summed E-state index contributed by atoms with van der Waals surface area (Å²) in [6, 6.07) is 17.7. The van der Waals surface area contributed by atoms with Gasteiger partial charge in [-0.25, -0.2) is 0 Å². The molecule has 1 aliphatic rings. The summed E-state index contributed by atoms with van der Waals surface area (Å²) >= 11 is 0. The largest absolute Gasteiger partial charge is 0.496 e. The molecule has 0 unspecified atom stereocenters. The molecule has 0 bridgehead atoms. The second-order valence-electron chi connectivity index (χ2n) is 4.87. The van der Waals surface area contributed by atoms with E-state index in [1.54, 1.807) is 7.11 Å². The number of esters is 1. The van der Waals surface area contributed by atoms with Crippen molar-refractivity contribution in [2.24, 2.45) is 0 Å². The first kappa shape index (κ1) is 12.7. The van der Waals surface area contributed by atoms with Crippen LogP contribution in [-0.4, -0.2) is 19.7 Å². The van der Waals surface area contributed by atoms with Crippen molar-refractivity contribution in [1.82, 2.24) is 0 Å². The molecule has 0 spiro atoms. The second kappa shape index (κ2) is 5.37. The third kappa shape index (κ3) is 2.16. The molecule has 3 nitrogen and oxygen atoms in total. The van der Waals surface area contributed by atoms with E-state index in [2.05, 4.69) is 0 Å². The quantitative estimate of drug-likeness (QED) is 0.802. The number of hydrogen-bond donors (Lipinski definition) is 0. The van der Waals surface area contributed by atoms with Crippen molar-refractivity contribution < 1.29 is 14.3 Å². The van der Waals surface area contributed by atoms with Crippen LogP contribution in [0.5, 0.6) is 5.75 Å². The van der Waals surface area contributed by atoms with Gasteiger partial charge in [0.05, 0.1) is 19.6 Å². The highest BCUT2D eigenvalue weighted by Gasteiger charge is 2.40. The van der Waals surface area contributed by atoms with Crippen LogP contribution in [0, 0.1) is 0 Å². The zero-order chi connectivity index (χ0) is 13.9. The highest BCUT2D eigenvalue weighted by molar-refractivity contribution is 5.82. The van der Waals surface area contributed by atoms with Crippen LogP contribution in [0.15, 0.2) is 54.6 Å². The number of carbonyl (C=O) groups excluding carboxylic acids is 1. The maximum atomic E-state index is 12.1. The van der Waals surface area contributed by atoms with E-state index in [9.17, 15) is 4.79 Å². The van der Waals surface area contributed by atoms with Crippen LogP contribution in [0.3, 0.4) is 0 Å². The van der Waals surface area contributed by atoms with Crippen molar-refractivity contribution >= 4 is 5.97 Å². The molecule has 3 heteroatoms. The normalized spacial score (nSPS) is 21.6. The molecule has 2 aromatic carbocycles. The topological polar surface area (TPSA) is 35.5 Å². The number of hydrogen-bond acceptors (Lipinski definition) is 3. The van der Waals surface area contributed by atoms with Crippen molar-refractivity contribution in [3.8, 4) is 5.75 Å². The Morgan fingerprint density at radius 2 is 1.75 bits per heavy atom. The third-order valence-corrected chi connectivity index (χ3v) is 3.76. The first-order valence-electron chi connectivity index (χ1n) is 6.65. The molecule has 1 aliphatic heterocycles. The zero-order valence-electron chi connectivity index (χ0n) is 11.3. The van der Waals surface area contributed by atoms with E-state index < -0.39 is 0 Å². The van der Waals surface area contributed by atoms with E-state index in [1.165, 1.54) is 0 Å². The lowest BCUT2D eigenvalue weighted by molar-refractivity contribution is -0.139. The van der Waals surface area contributed by atoms with Crippen LogP contribution in [0.2, 0.25) is 0 Å². The summed E-state index contributed by atoms with van der Waals surface area (Å²) < 4.78 is 10.7. The van der Waals surface area contributed by atoms with E-state index in [0.29, 0.717) is 6.61 Å². The Kier molecular flexibility index (Phi) is 3.42. The predicted molar refractivity (Wildman–Crippen MR) is 75.9 cm³/mol. The van der Waals surface area contributed by atoms with Gasteiger partial charge in [0, 0.05) is 11.5 Å². The number of methoxy groups -OCH3 is 1. The molecule has 20 heavy (non-hydrogen) atoms. The Labute approximate surface area is 118 Å². The zero-order valence-corrected chi connectivity index (χ0v) is 11.3. The Morgan fingerprint density at radius 1 is 1.05 bits per heavy atom. The van der Waals surface area contributed by atoms with Gasteiger partial charge >= 0.3 is 5.97 Å². The fraction of sp³-hybridized carbons (Fsp3) is 0.235. The average molecular weight is 268 g/mol. The van der Waals surface area contributed by atoms with Crippen molar-refractivity contribution in [1.29, 1.82) is 0 Å². The van der Waals surface area contributed by atoms with E-state index in [-0.39, 0.29) is 17.8 Å². The smallest absolute Gasteiger partial charge is 0.314 e. The lowest BCUT2D eigenvalue weighted by Gasteiger charge is -2.18. The minimum Gasteiger partial charge on any atom is -0.496 e. The predicted octanol–water partition coefficient (Wildman–Crippen LogP) is 3.12. The molecule has 0 saturated carbocycles. The molecule has 2 atom stereocenters. The molecule has 1 heterocycles. The van der Waals surface area contributed by atoms with E-state index in [0.717, 1.165) is 16.9 Å². The monoisotopic (exact) mass is 268 g/mol. The van der Waals surface area contributed by atoms with Gasteiger partial charge in [0.2, 0.25) is 0 Å². The lowest BCUT2D eigenvalue weighted by Crippen LogP contribution is -2.13. The van der Waals surface area contributed by atoms with Crippen molar-refractivity contribution in [2.45, 2.75) is 11.8 Å². The summed E-state index contributed by atoms with van der Waals surface area (Å²) in [6.07, 6.45) is 0. The number of carbonyl (C=O) groups is 1. The highest BCUT2D eigenvalue weighted by Crippen LogP contribution is 2.42. The summed E-state index contributed by atoms with van der Waals surface area (Å²) in [5, 5.41) is 0. The van der Waals surface area contributed by atoms with Gasteiger partial charge in [-0.2, -0.15) is 0 Å². The molecule has 0 radical (unpaired) electrons. The maximum Gasteiger partial charge on any atom is 0.314 e. The molecular formula is C17H16O3. The maximum absolute atomic E-state index is 12.1. The molecule has 2 aromatic rings. The Morgan fingerprint density at radius 3 is 2.50 bits per heavy atom. The minimum atomic E-state index is -0.298. The van der Waals surface area contributed by atoms with Gasteiger partial charge in [-0.15, -0.1) is 0 Å². The van der Waals surface area contributed by atoms with Gasteiger partial charge in [0.15, 0.2) is 0 Å². The van der Waals surface area contributed by atoms with Gasteiger partial charge < -0.3 is 9.47 Å². The third-order valence-electron chi connectivity index (χ3n) is 3.76. The fourth-order valence-corrected chi connectivity index (χ4v) is 2.78. The van der Waals surface area contributed by atoms with Crippen LogP contribution < -0.4 is 4.74 Å². The van der Waals surface area contributed by atoms with Crippen molar-refractivity contribution in [3.05, 3.63) is 65.7 Å². The van der Waals surface area contributed by atoms with Gasteiger partial charge in [0.25, 0.3) is 0 Å². The summed E-state index contributed by atoms with van der Waals surface area (Å²) in [5.74, 6) is 0.300. The van der Waals surface area contributed by atoms with Gasteiger partial charge in [-0.05, 0) is 11.6 Å². The van der Waals surface area contributed by atoms with Crippen LogP contribution in [0.25, 0.3) is 0 Å². The molecule has 0 aromatic heterocycles. The molecule has 1 saturated heterocycles. The van der Waals surface area contributed by atoms with Crippen LogP contribution >= 0.6 is 0 Å². The second-order valence-corrected chi connectivity index (χ2v) is 4.87. The molecule has 0 aliphatic carbocycles. The molecule has 102 valence electrons. The summed E-state index contributed by atoms with van der Waals surface area (Å²) in [7, 11) is 1.62. The number of para-hydroxylation sites is 1. The van der Waals surface area contributed by atoms with Crippen molar-refractivity contribution in [3.63, 3.8) is 0 Å². The van der Waals surface area contributed by atoms with Crippen LogP contribution in [-0.2, 0) is 9.53 Å². The molecule has 1 fully saturated rings. The SMILES string of the molecule is COc1ccccc1[C@H]1C(=O)OC[C@H]1c1ccccc1. The van der Waals surface area contributed by atoms with Crippen LogP contribution in [0.4, 0.5) is 0 Å². The lowest BCUT2D eigenvalue weighted by atomic mass is 9.83. The molecule has 0 N–H and O–H groups in total. The Balaban J connectivity index is 2.03. The average Bonchev–Trinajstić information content (AvgIpc) is 2.89. The first-order valence-corrected chi connectivity index (χ1v) is 6.65. The minimum absolute atomic E-state index is 0.0417. The van der Waals surface area contributed by atoms with Crippen LogP contribution in [0.1, 0.15) is 23.0 Å². The summed E-state index contributed by atoms with van der Waals surface area (Å²) in [4.78, 5) is 12.1. The van der Waals surface area contributed by atoms with Gasteiger partial charge in [-0.3, -0.25) is 4.79 Å². The molecule has 0 amide bonds. The van der Waals surface area contributed by atoms with E-state index in [4.69, 9.17) is 9.47 Å². The van der Waals surface area contributed by atoms with E-state index in [1.807, 2.05) is 54.6 Å². The number of cyclic esters (lactones) is 1. The van der Waals surface area contributed by atoms with Crippen molar-refractivity contribution in [2.75, 3.05) is 13.7 Å². The summed E-state index contributed by atoms with van der Waals surface area (Å²) in [5.41, 5.74) is 2.01. The number of ether oxygens (including phenoxy) is 2. The molecule has 3 rings (SSSR count). The Hall–Kier alpha value is -2.29. The molecular weight excluding hydrogens is 252 g/mol. The first-order chi connectivity index (χ1) is 9.81. The number of rotatable bonds is 3. The van der Waals surface area contributed by atoms with Gasteiger partial charge in [0.1, 0.15) is 5.75 Å².